The number of aromatic amines is 1. The molecule has 0 bridgehead atoms. The Morgan fingerprint density at radius 3 is 2.55 bits per heavy atom. The average molecular weight is 313 g/mol. The van der Waals surface area contributed by atoms with E-state index in [1.165, 1.54) is 0 Å². The molecule has 0 saturated heterocycles. The zero-order valence-electron chi connectivity index (χ0n) is 11.2. The highest BCUT2D eigenvalue weighted by Crippen LogP contribution is 2.35. The van der Waals surface area contributed by atoms with Crippen molar-refractivity contribution in [2.24, 2.45) is 11.1 Å². The van der Waals surface area contributed by atoms with Crippen molar-refractivity contribution in [1.29, 1.82) is 0 Å². The Balaban J connectivity index is 2.06. The van der Waals surface area contributed by atoms with Crippen LogP contribution in [0.25, 0.3) is 0 Å². The average Bonchev–Trinajstić information content (AvgIpc) is 2.68. The van der Waals surface area contributed by atoms with Crippen LogP contribution >= 0.6 is 23.6 Å². The van der Waals surface area contributed by atoms with Gasteiger partial charge in [-0.2, -0.15) is 0 Å². The fourth-order valence-corrected chi connectivity index (χ4v) is 3.54. The highest BCUT2D eigenvalue weighted by molar-refractivity contribution is 7.80. The fraction of sp³-hybridized carbons (Fsp3) is 0.615. The molecule has 110 valence electrons. The number of rotatable bonds is 4. The Hall–Kier alpha value is -1.21. The van der Waals surface area contributed by atoms with Gasteiger partial charge < -0.3 is 16.0 Å². The number of hydrogen-bond donors (Lipinski definition) is 3. The molecule has 0 atom stereocenters. The van der Waals surface area contributed by atoms with Crippen LogP contribution < -0.4 is 15.9 Å². The molecule has 1 aromatic heterocycles. The maximum atomic E-state index is 12.5. The highest BCUT2D eigenvalue weighted by Gasteiger charge is 2.41. The number of hydrogen-bond acceptors (Lipinski definition) is 4. The van der Waals surface area contributed by atoms with Crippen molar-refractivity contribution in [3.8, 4) is 0 Å². The van der Waals surface area contributed by atoms with E-state index in [2.05, 4.69) is 10.3 Å². The van der Waals surface area contributed by atoms with Gasteiger partial charge in [-0.15, -0.1) is 0 Å². The van der Waals surface area contributed by atoms with Crippen LogP contribution in [0.2, 0.25) is 0 Å². The molecule has 1 amide bonds. The third-order valence-corrected chi connectivity index (χ3v) is 4.98. The molecule has 0 aliphatic heterocycles. The molecule has 1 aromatic rings. The molecule has 1 aliphatic carbocycles. The van der Waals surface area contributed by atoms with Gasteiger partial charge in [0, 0.05) is 11.1 Å². The van der Waals surface area contributed by atoms with Crippen LogP contribution in [0.5, 0.6) is 0 Å². The van der Waals surface area contributed by atoms with Crippen LogP contribution in [-0.2, 0) is 11.3 Å². The summed E-state index contributed by atoms with van der Waals surface area (Å²) in [5, 5.41) is 4.57. The van der Waals surface area contributed by atoms with E-state index in [-0.39, 0.29) is 15.8 Å². The second-order valence-electron chi connectivity index (χ2n) is 5.22. The van der Waals surface area contributed by atoms with E-state index in [0.717, 1.165) is 37.0 Å². The van der Waals surface area contributed by atoms with Crippen molar-refractivity contribution in [2.75, 3.05) is 0 Å². The van der Waals surface area contributed by atoms with Crippen LogP contribution in [-0.4, -0.2) is 15.9 Å². The van der Waals surface area contributed by atoms with E-state index >= 15 is 0 Å². The summed E-state index contributed by atoms with van der Waals surface area (Å²) in [6, 6.07) is 0. The zero-order valence-corrected chi connectivity index (χ0v) is 12.9. The predicted molar refractivity (Wildman–Crippen MR) is 83.7 cm³/mol. The minimum absolute atomic E-state index is 0.112. The number of thiocarbonyl (C=S) groups is 1. The number of amides is 1. The van der Waals surface area contributed by atoms with Crippen LogP contribution in [0, 0.1) is 5.41 Å². The first-order chi connectivity index (χ1) is 9.54. The normalized spacial score (nSPS) is 18.2. The number of H-pyrrole nitrogens is 1. The summed E-state index contributed by atoms with van der Waals surface area (Å²) in [6.45, 7) is 0.307. The van der Waals surface area contributed by atoms with Gasteiger partial charge in [0.2, 0.25) is 5.91 Å². The molecule has 20 heavy (non-hydrogen) atoms. The first-order valence-electron chi connectivity index (χ1n) is 6.79. The van der Waals surface area contributed by atoms with Gasteiger partial charge >= 0.3 is 4.87 Å². The summed E-state index contributed by atoms with van der Waals surface area (Å²) in [7, 11) is 0. The lowest BCUT2D eigenvalue weighted by molar-refractivity contribution is -0.128. The van der Waals surface area contributed by atoms with Gasteiger partial charge in [0.25, 0.3) is 0 Å². The largest absolute Gasteiger partial charge is 0.392 e. The maximum Gasteiger partial charge on any atom is 0.304 e. The molecule has 0 aromatic carbocycles. The van der Waals surface area contributed by atoms with E-state index in [1.807, 2.05) is 0 Å². The number of nitrogens with one attached hydrogen (secondary N) is 2. The number of nitrogens with two attached hydrogens (primary N) is 1. The Labute approximate surface area is 127 Å². The molecule has 7 heteroatoms. The Kier molecular flexibility index (Phi) is 4.93. The van der Waals surface area contributed by atoms with Crippen molar-refractivity contribution in [3.63, 3.8) is 0 Å². The number of carbonyl (C=O) groups excluding carboxylic acids is 1. The van der Waals surface area contributed by atoms with E-state index in [1.54, 1.807) is 5.38 Å². The molecule has 0 unspecified atom stereocenters. The molecule has 1 saturated carbocycles. The summed E-state index contributed by atoms with van der Waals surface area (Å²) in [5.41, 5.74) is 5.85. The van der Waals surface area contributed by atoms with E-state index in [0.29, 0.717) is 25.1 Å². The molecule has 0 radical (unpaired) electrons. The predicted octanol–water partition coefficient (Wildman–Crippen LogP) is 1.68. The van der Waals surface area contributed by atoms with Crippen molar-refractivity contribution in [2.45, 2.75) is 45.1 Å². The third kappa shape index (κ3) is 3.27. The quantitative estimate of drug-likeness (QED) is 0.583. The Bertz CT molecular complexity index is 542. The molecule has 1 heterocycles. The minimum Gasteiger partial charge on any atom is -0.392 e. The lowest BCUT2D eigenvalue weighted by Gasteiger charge is -2.30. The number of aromatic nitrogens is 1. The molecular weight excluding hydrogens is 294 g/mol. The first kappa shape index (κ1) is 15.2. The summed E-state index contributed by atoms with van der Waals surface area (Å²) >= 11 is 6.25. The summed E-state index contributed by atoms with van der Waals surface area (Å²) in [4.78, 5) is 26.4. The zero-order chi connectivity index (χ0) is 14.6. The van der Waals surface area contributed by atoms with Crippen LogP contribution in [0.4, 0.5) is 0 Å². The van der Waals surface area contributed by atoms with Crippen molar-refractivity contribution in [3.05, 3.63) is 20.7 Å². The summed E-state index contributed by atoms with van der Waals surface area (Å²) < 4.78 is 0. The van der Waals surface area contributed by atoms with Gasteiger partial charge in [0.1, 0.15) is 0 Å². The van der Waals surface area contributed by atoms with E-state index in [9.17, 15) is 9.59 Å². The second kappa shape index (κ2) is 6.49. The smallest absolute Gasteiger partial charge is 0.304 e. The standard InChI is InChI=1S/C13H19N3O2S2/c14-10(19)13(5-3-1-2-4-6-13)11(17)15-7-9-8-20-12(18)16-9/h8H,1-7H2,(H2,14,19)(H,15,17)(H,16,18). The molecule has 4 N–H and O–H groups in total. The molecule has 5 nitrogen and oxygen atoms in total. The first-order valence-corrected chi connectivity index (χ1v) is 8.08. The van der Waals surface area contributed by atoms with Gasteiger partial charge in [-0.05, 0) is 12.8 Å². The minimum atomic E-state index is -0.720. The van der Waals surface area contributed by atoms with Crippen molar-refractivity contribution >= 4 is 34.5 Å². The SMILES string of the molecule is NC(=S)C1(C(=O)NCc2csc(=O)[nH]2)CCCCCC1. The van der Waals surface area contributed by atoms with Gasteiger partial charge in [0.05, 0.1) is 16.9 Å². The van der Waals surface area contributed by atoms with Crippen LogP contribution in [0.3, 0.4) is 0 Å². The molecule has 0 spiro atoms. The van der Waals surface area contributed by atoms with E-state index < -0.39 is 5.41 Å². The van der Waals surface area contributed by atoms with Crippen molar-refractivity contribution < 1.29 is 4.79 Å². The van der Waals surface area contributed by atoms with Crippen LogP contribution in [0.15, 0.2) is 10.2 Å². The Morgan fingerprint density at radius 1 is 1.40 bits per heavy atom. The molecule has 1 aliphatic rings. The number of thiazole rings is 1. The fourth-order valence-electron chi connectivity index (χ4n) is 2.66. The van der Waals surface area contributed by atoms with Gasteiger partial charge in [-0.1, -0.05) is 49.2 Å². The lowest BCUT2D eigenvalue weighted by Crippen LogP contribution is -2.48. The lowest BCUT2D eigenvalue weighted by atomic mass is 9.79. The molecule has 2 rings (SSSR count). The van der Waals surface area contributed by atoms with Gasteiger partial charge in [-0.25, -0.2) is 0 Å². The van der Waals surface area contributed by atoms with Crippen molar-refractivity contribution in [1.82, 2.24) is 10.3 Å². The highest BCUT2D eigenvalue weighted by atomic mass is 32.1. The van der Waals surface area contributed by atoms with Gasteiger partial charge in [0.15, 0.2) is 0 Å². The monoisotopic (exact) mass is 313 g/mol. The Morgan fingerprint density at radius 2 is 2.05 bits per heavy atom. The molecule has 1 fully saturated rings. The van der Waals surface area contributed by atoms with Gasteiger partial charge in [-0.3, -0.25) is 9.59 Å². The van der Waals surface area contributed by atoms with Crippen LogP contribution in [0.1, 0.15) is 44.2 Å². The van der Waals surface area contributed by atoms with E-state index in [4.69, 9.17) is 18.0 Å². The third-order valence-electron chi connectivity index (χ3n) is 3.87. The summed E-state index contributed by atoms with van der Waals surface area (Å²) in [6.07, 6.45) is 5.62. The number of carbonyl (C=O) groups is 1. The topological polar surface area (TPSA) is 88.0 Å². The summed E-state index contributed by atoms with van der Waals surface area (Å²) in [5.74, 6) is -0.112. The molecular formula is C13H19N3O2S2. The maximum absolute atomic E-state index is 12.5. The second-order valence-corrected chi connectivity index (χ2v) is 6.50.